The minimum absolute atomic E-state index is 0.0395. The molecule has 1 amide bonds. The molecule has 0 radical (unpaired) electrons. The molecule has 0 heterocycles. The number of carbonyl (C=O) groups is 2. The van der Waals surface area contributed by atoms with Crippen molar-refractivity contribution in [3.05, 3.63) is 28.2 Å². The molecule has 1 aromatic carbocycles. The van der Waals surface area contributed by atoms with Gasteiger partial charge in [0, 0.05) is 11.4 Å². The maximum Gasteiger partial charge on any atom is 0.306 e. The summed E-state index contributed by atoms with van der Waals surface area (Å²) in [6, 6.07) is 4.76. The molecule has 0 aliphatic heterocycles. The number of benzene rings is 1. The SMILES string of the molecule is CCOC(=O)CCC(=O)Nc1cc(Cl)ccc1Cl. The number of nitrogens with one attached hydrogen (secondary N) is 1. The van der Waals surface area contributed by atoms with E-state index in [1.54, 1.807) is 25.1 Å². The number of rotatable bonds is 5. The van der Waals surface area contributed by atoms with Crippen LogP contribution >= 0.6 is 23.2 Å². The fourth-order valence-corrected chi connectivity index (χ4v) is 1.59. The van der Waals surface area contributed by atoms with Gasteiger partial charge in [0.1, 0.15) is 0 Å². The standard InChI is InChI=1S/C12H13Cl2NO3/c1-2-18-12(17)6-5-11(16)15-10-7-8(13)3-4-9(10)14/h3-4,7H,2,5-6H2,1H3,(H,15,16). The number of ether oxygens (including phenoxy) is 1. The van der Waals surface area contributed by atoms with Crippen LogP contribution in [0.15, 0.2) is 18.2 Å². The Hall–Kier alpha value is -1.26. The first-order chi connectivity index (χ1) is 8.52. The smallest absolute Gasteiger partial charge is 0.306 e. The summed E-state index contributed by atoms with van der Waals surface area (Å²) in [4.78, 5) is 22.6. The van der Waals surface area contributed by atoms with Crippen molar-refractivity contribution in [1.82, 2.24) is 0 Å². The number of esters is 1. The Kier molecular flexibility index (Phi) is 5.95. The molecule has 0 saturated heterocycles. The van der Waals surface area contributed by atoms with E-state index in [4.69, 9.17) is 27.9 Å². The highest BCUT2D eigenvalue weighted by Gasteiger charge is 2.09. The Labute approximate surface area is 115 Å². The summed E-state index contributed by atoms with van der Waals surface area (Å²) in [6.45, 7) is 2.02. The van der Waals surface area contributed by atoms with Crippen molar-refractivity contribution in [2.24, 2.45) is 0 Å². The van der Waals surface area contributed by atoms with Crippen molar-refractivity contribution in [1.29, 1.82) is 0 Å². The zero-order chi connectivity index (χ0) is 13.5. The third-order valence-corrected chi connectivity index (χ3v) is 2.63. The lowest BCUT2D eigenvalue weighted by molar-refractivity contribution is -0.144. The second-order valence-corrected chi connectivity index (χ2v) is 4.32. The maximum atomic E-state index is 11.6. The second kappa shape index (κ2) is 7.24. The molecule has 1 rings (SSSR count). The summed E-state index contributed by atoms with van der Waals surface area (Å²) in [5.74, 6) is -0.711. The molecule has 0 spiro atoms. The van der Waals surface area contributed by atoms with Crippen molar-refractivity contribution in [3.8, 4) is 0 Å². The van der Waals surface area contributed by atoms with Gasteiger partial charge in [-0.25, -0.2) is 0 Å². The van der Waals surface area contributed by atoms with E-state index in [0.29, 0.717) is 22.3 Å². The van der Waals surface area contributed by atoms with E-state index in [-0.39, 0.29) is 18.7 Å². The zero-order valence-electron chi connectivity index (χ0n) is 9.83. The van der Waals surface area contributed by atoms with E-state index >= 15 is 0 Å². The molecule has 18 heavy (non-hydrogen) atoms. The summed E-state index contributed by atoms with van der Waals surface area (Å²) >= 11 is 11.7. The number of hydrogen-bond donors (Lipinski definition) is 1. The van der Waals surface area contributed by atoms with Gasteiger partial charge in [-0.1, -0.05) is 23.2 Å². The van der Waals surface area contributed by atoms with Crippen molar-refractivity contribution in [2.45, 2.75) is 19.8 Å². The maximum absolute atomic E-state index is 11.6. The second-order valence-electron chi connectivity index (χ2n) is 3.48. The normalized spacial score (nSPS) is 9.94. The zero-order valence-corrected chi connectivity index (χ0v) is 11.3. The van der Waals surface area contributed by atoms with Crippen LogP contribution in [0.2, 0.25) is 10.0 Å². The van der Waals surface area contributed by atoms with Crippen LogP contribution in [0.5, 0.6) is 0 Å². The van der Waals surface area contributed by atoms with Crippen LogP contribution in [0.25, 0.3) is 0 Å². The molecule has 0 atom stereocenters. The highest BCUT2D eigenvalue weighted by molar-refractivity contribution is 6.35. The van der Waals surface area contributed by atoms with E-state index in [1.165, 1.54) is 0 Å². The molecule has 0 aliphatic rings. The Bertz CT molecular complexity index is 449. The van der Waals surface area contributed by atoms with Crippen molar-refractivity contribution < 1.29 is 14.3 Å². The minimum Gasteiger partial charge on any atom is -0.466 e. The van der Waals surface area contributed by atoms with Crippen LogP contribution in [0, 0.1) is 0 Å². The average molecular weight is 290 g/mol. The van der Waals surface area contributed by atoms with Crippen LogP contribution in [0.1, 0.15) is 19.8 Å². The Balaban J connectivity index is 2.49. The van der Waals surface area contributed by atoms with E-state index in [9.17, 15) is 9.59 Å². The molecule has 6 heteroatoms. The first kappa shape index (κ1) is 14.8. The van der Waals surface area contributed by atoms with Gasteiger partial charge in [-0.2, -0.15) is 0 Å². The Morgan fingerprint density at radius 2 is 2.00 bits per heavy atom. The molecule has 0 unspecified atom stereocenters. The van der Waals surface area contributed by atoms with Gasteiger partial charge in [-0.05, 0) is 25.1 Å². The minimum atomic E-state index is -0.398. The first-order valence-corrected chi connectivity index (χ1v) is 6.19. The van der Waals surface area contributed by atoms with Gasteiger partial charge in [0.25, 0.3) is 0 Å². The quantitative estimate of drug-likeness (QED) is 0.847. The summed E-state index contributed by atoms with van der Waals surface area (Å²) in [5.41, 5.74) is 0.429. The predicted octanol–water partition coefficient (Wildman–Crippen LogP) is 3.28. The highest BCUT2D eigenvalue weighted by atomic mass is 35.5. The van der Waals surface area contributed by atoms with E-state index in [0.717, 1.165) is 0 Å². The van der Waals surface area contributed by atoms with Crippen LogP contribution in [-0.2, 0) is 14.3 Å². The van der Waals surface area contributed by atoms with Gasteiger partial charge in [-0.15, -0.1) is 0 Å². The molecular formula is C12H13Cl2NO3. The molecule has 98 valence electrons. The molecule has 0 saturated carbocycles. The number of carbonyl (C=O) groups excluding carboxylic acids is 2. The van der Waals surface area contributed by atoms with E-state index in [1.807, 2.05) is 0 Å². The van der Waals surface area contributed by atoms with Crippen molar-refractivity contribution in [3.63, 3.8) is 0 Å². The molecule has 0 bridgehead atoms. The van der Waals surface area contributed by atoms with Crippen molar-refractivity contribution >= 4 is 40.8 Å². The average Bonchev–Trinajstić information content (AvgIpc) is 2.32. The highest BCUT2D eigenvalue weighted by Crippen LogP contribution is 2.25. The Morgan fingerprint density at radius 1 is 1.28 bits per heavy atom. The van der Waals surface area contributed by atoms with Crippen LogP contribution in [-0.4, -0.2) is 18.5 Å². The summed E-state index contributed by atoms with van der Waals surface area (Å²) in [7, 11) is 0. The van der Waals surface area contributed by atoms with Gasteiger partial charge in [0.05, 0.1) is 23.7 Å². The van der Waals surface area contributed by atoms with Gasteiger partial charge in [0.15, 0.2) is 0 Å². The first-order valence-electron chi connectivity index (χ1n) is 5.43. The third-order valence-electron chi connectivity index (χ3n) is 2.06. The van der Waals surface area contributed by atoms with Gasteiger partial charge < -0.3 is 10.1 Å². The fraction of sp³-hybridized carbons (Fsp3) is 0.333. The molecule has 1 aromatic rings. The lowest BCUT2D eigenvalue weighted by Crippen LogP contribution is -2.14. The molecule has 0 aromatic heterocycles. The summed E-state index contributed by atoms with van der Waals surface area (Å²) < 4.78 is 4.72. The molecule has 1 N–H and O–H groups in total. The van der Waals surface area contributed by atoms with Crippen LogP contribution in [0.4, 0.5) is 5.69 Å². The van der Waals surface area contributed by atoms with E-state index in [2.05, 4.69) is 5.32 Å². The molecule has 0 fully saturated rings. The van der Waals surface area contributed by atoms with Crippen molar-refractivity contribution in [2.75, 3.05) is 11.9 Å². The molecular weight excluding hydrogens is 277 g/mol. The Morgan fingerprint density at radius 3 is 2.67 bits per heavy atom. The fourth-order valence-electron chi connectivity index (χ4n) is 1.25. The molecule has 0 aliphatic carbocycles. The number of anilines is 1. The van der Waals surface area contributed by atoms with Gasteiger partial charge in [-0.3, -0.25) is 9.59 Å². The lowest BCUT2D eigenvalue weighted by atomic mass is 10.2. The number of halogens is 2. The monoisotopic (exact) mass is 289 g/mol. The number of hydrogen-bond acceptors (Lipinski definition) is 3. The lowest BCUT2D eigenvalue weighted by Gasteiger charge is -2.07. The topological polar surface area (TPSA) is 55.4 Å². The van der Waals surface area contributed by atoms with Gasteiger partial charge >= 0.3 is 5.97 Å². The number of amides is 1. The van der Waals surface area contributed by atoms with Crippen LogP contribution in [0.3, 0.4) is 0 Å². The van der Waals surface area contributed by atoms with Gasteiger partial charge in [0.2, 0.25) is 5.91 Å². The predicted molar refractivity (Wildman–Crippen MR) is 71.0 cm³/mol. The summed E-state index contributed by atoms with van der Waals surface area (Å²) in [6.07, 6.45) is 0.0829. The van der Waals surface area contributed by atoms with Crippen LogP contribution < -0.4 is 5.32 Å². The third kappa shape index (κ3) is 4.94. The van der Waals surface area contributed by atoms with E-state index < -0.39 is 5.97 Å². The summed E-state index contributed by atoms with van der Waals surface area (Å²) in [5, 5.41) is 3.45. The largest absolute Gasteiger partial charge is 0.466 e. The molecule has 4 nitrogen and oxygen atoms in total.